The number of fused-ring (bicyclic) bond motifs is 5. The van der Waals surface area contributed by atoms with E-state index in [1.54, 1.807) is 12.1 Å². The highest BCUT2D eigenvalue weighted by Crippen LogP contribution is 2.65. The normalized spacial score (nSPS) is 41.3. The Morgan fingerprint density at radius 3 is 2.48 bits per heavy atom. The van der Waals surface area contributed by atoms with Gasteiger partial charge in [0.25, 0.3) is 10.0 Å². The second-order valence-electron chi connectivity index (χ2n) is 11.5. The van der Waals surface area contributed by atoms with Crippen molar-refractivity contribution in [1.82, 2.24) is 4.83 Å². The lowest BCUT2D eigenvalue weighted by Crippen LogP contribution is -2.55. The van der Waals surface area contributed by atoms with Gasteiger partial charge in [-0.3, -0.25) is 0 Å². The second kappa shape index (κ2) is 7.60. The van der Waals surface area contributed by atoms with Gasteiger partial charge in [0.1, 0.15) is 0 Å². The maximum absolute atomic E-state index is 13.0. The van der Waals surface area contributed by atoms with Gasteiger partial charge in [0, 0.05) is 11.6 Å². The van der Waals surface area contributed by atoms with E-state index in [2.05, 4.69) is 18.7 Å². The van der Waals surface area contributed by atoms with Crippen LogP contribution in [0.2, 0.25) is 0 Å². The minimum atomic E-state index is -3.63. The Bertz CT molecular complexity index is 970. The van der Waals surface area contributed by atoms with Gasteiger partial charge < -0.3 is 0 Å². The van der Waals surface area contributed by atoms with Crippen molar-refractivity contribution in [3.63, 3.8) is 0 Å². The maximum atomic E-state index is 13.0. The monoisotopic (exact) mass is 442 g/mol. The molecule has 0 amide bonds. The van der Waals surface area contributed by atoms with Crippen LogP contribution in [0.15, 0.2) is 34.3 Å². The minimum absolute atomic E-state index is 0.298. The fraction of sp³-hybridized carbons (Fsp3) is 0.731. The zero-order valence-electron chi connectivity index (χ0n) is 19.4. The van der Waals surface area contributed by atoms with E-state index in [1.165, 1.54) is 57.8 Å². The van der Waals surface area contributed by atoms with Gasteiger partial charge in [-0.25, -0.2) is 4.83 Å². The van der Waals surface area contributed by atoms with Crippen molar-refractivity contribution in [3.8, 4) is 0 Å². The van der Waals surface area contributed by atoms with Gasteiger partial charge in [0.05, 0.1) is 4.90 Å². The molecular formula is C26H38N2O2S. The van der Waals surface area contributed by atoms with Crippen molar-refractivity contribution in [2.45, 2.75) is 89.9 Å². The van der Waals surface area contributed by atoms with Crippen LogP contribution in [0.3, 0.4) is 0 Å². The van der Waals surface area contributed by atoms with Gasteiger partial charge in [-0.2, -0.15) is 13.5 Å². The maximum Gasteiger partial charge on any atom is 0.276 e. The third-order valence-corrected chi connectivity index (χ3v) is 11.1. The van der Waals surface area contributed by atoms with Crippen LogP contribution >= 0.6 is 0 Å². The van der Waals surface area contributed by atoms with Crippen LogP contribution in [-0.4, -0.2) is 14.1 Å². The minimum Gasteiger partial charge on any atom is -0.200 e. The average molecular weight is 443 g/mol. The lowest BCUT2D eigenvalue weighted by atomic mass is 9.45. The van der Waals surface area contributed by atoms with E-state index in [1.807, 2.05) is 19.1 Å². The number of sulfonamides is 1. The molecule has 0 spiro atoms. The van der Waals surface area contributed by atoms with E-state index in [-0.39, 0.29) is 0 Å². The van der Waals surface area contributed by atoms with Gasteiger partial charge in [-0.15, -0.1) is 0 Å². The molecule has 4 aliphatic rings. The molecule has 4 fully saturated rings. The number of rotatable bonds is 3. The first-order valence-electron chi connectivity index (χ1n) is 12.4. The molecule has 0 unspecified atom stereocenters. The number of nitrogens with one attached hydrogen (secondary N) is 1. The first kappa shape index (κ1) is 21.5. The van der Waals surface area contributed by atoms with Crippen LogP contribution in [0, 0.1) is 41.4 Å². The molecule has 4 nitrogen and oxygen atoms in total. The molecule has 0 aliphatic heterocycles. The van der Waals surface area contributed by atoms with E-state index >= 15 is 0 Å². The smallest absolute Gasteiger partial charge is 0.200 e. The Kier molecular flexibility index (Phi) is 5.27. The third kappa shape index (κ3) is 3.55. The van der Waals surface area contributed by atoms with Crippen molar-refractivity contribution in [1.29, 1.82) is 0 Å². The SMILES string of the molecule is Cc1ccc(S(=O)(=O)N/N=C2\C[C@H]3CCCC[C@]3(C)[C@H]3CC[C@]4(C)CCC[C@H]4[C@H]23)cc1. The Balaban J connectivity index is 1.49. The van der Waals surface area contributed by atoms with E-state index in [9.17, 15) is 8.42 Å². The van der Waals surface area contributed by atoms with Gasteiger partial charge in [0.2, 0.25) is 0 Å². The number of nitrogens with zero attached hydrogens (tertiary/aromatic N) is 1. The molecule has 5 rings (SSSR count). The number of hydrogen-bond acceptors (Lipinski definition) is 3. The predicted molar refractivity (Wildman–Crippen MR) is 125 cm³/mol. The Hall–Kier alpha value is -1.36. The molecule has 6 atom stereocenters. The zero-order chi connectivity index (χ0) is 21.9. The van der Waals surface area contributed by atoms with Crippen LogP contribution < -0.4 is 4.83 Å². The zero-order valence-corrected chi connectivity index (χ0v) is 20.2. The fourth-order valence-corrected chi connectivity index (χ4v) is 8.82. The van der Waals surface area contributed by atoms with E-state index in [4.69, 9.17) is 5.10 Å². The second-order valence-corrected chi connectivity index (χ2v) is 13.1. The molecule has 1 aromatic carbocycles. The summed E-state index contributed by atoms with van der Waals surface area (Å²) in [6.45, 7) is 7.01. The van der Waals surface area contributed by atoms with Crippen LogP contribution in [0.5, 0.6) is 0 Å². The molecule has 4 saturated carbocycles. The van der Waals surface area contributed by atoms with Crippen molar-refractivity contribution in [2.24, 2.45) is 39.6 Å². The number of aryl methyl sites for hydroxylation is 1. The Morgan fingerprint density at radius 2 is 1.71 bits per heavy atom. The molecule has 0 heterocycles. The summed E-state index contributed by atoms with van der Waals surface area (Å²) in [6.07, 6.45) is 12.8. The molecule has 1 aromatic rings. The summed E-state index contributed by atoms with van der Waals surface area (Å²) in [5.74, 6) is 2.41. The summed E-state index contributed by atoms with van der Waals surface area (Å²) >= 11 is 0. The first-order valence-corrected chi connectivity index (χ1v) is 13.9. The van der Waals surface area contributed by atoms with Gasteiger partial charge in [0.15, 0.2) is 0 Å². The molecular weight excluding hydrogens is 404 g/mol. The molecule has 0 radical (unpaired) electrons. The lowest BCUT2D eigenvalue weighted by molar-refractivity contribution is -0.0568. The van der Waals surface area contributed by atoms with Crippen LogP contribution in [0.1, 0.15) is 83.6 Å². The summed E-state index contributed by atoms with van der Waals surface area (Å²) in [4.78, 5) is 2.96. The first-order chi connectivity index (χ1) is 14.7. The highest BCUT2D eigenvalue weighted by atomic mass is 32.2. The standard InChI is InChI=1S/C26H38N2O2S/c1-18-9-11-20(12-10-18)31(29,30)28-27-23-17-19-7-4-5-15-26(19,3)22-13-16-25(2)14-6-8-21(25)24(22)23/h9-12,19,21-22,24,28H,4-8,13-17H2,1-3H3/b27-23+/t19-,21+,22+,24+,25+,26+/m1/s1. The summed E-state index contributed by atoms with van der Waals surface area (Å²) in [5.41, 5.74) is 3.03. The molecule has 5 heteroatoms. The van der Waals surface area contributed by atoms with Gasteiger partial charge >= 0.3 is 0 Å². The number of hydrogen-bond donors (Lipinski definition) is 1. The van der Waals surface area contributed by atoms with E-state index in [0.717, 1.165) is 17.7 Å². The predicted octanol–water partition coefficient (Wildman–Crippen LogP) is 6.06. The quantitative estimate of drug-likeness (QED) is 0.578. The van der Waals surface area contributed by atoms with Crippen molar-refractivity contribution in [3.05, 3.63) is 29.8 Å². The molecule has 1 N–H and O–H groups in total. The topological polar surface area (TPSA) is 58.5 Å². The molecule has 0 saturated heterocycles. The van der Waals surface area contributed by atoms with E-state index in [0.29, 0.717) is 39.4 Å². The van der Waals surface area contributed by atoms with Crippen molar-refractivity contribution in [2.75, 3.05) is 0 Å². The molecule has 170 valence electrons. The van der Waals surface area contributed by atoms with Crippen LogP contribution in [0.25, 0.3) is 0 Å². The Morgan fingerprint density at radius 1 is 0.935 bits per heavy atom. The van der Waals surface area contributed by atoms with Gasteiger partial charge in [-0.1, -0.05) is 50.8 Å². The number of benzene rings is 1. The fourth-order valence-electron chi connectivity index (χ4n) is 7.98. The van der Waals surface area contributed by atoms with Crippen molar-refractivity contribution >= 4 is 15.7 Å². The van der Waals surface area contributed by atoms with E-state index < -0.39 is 10.0 Å². The molecule has 4 aliphatic carbocycles. The van der Waals surface area contributed by atoms with Crippen LogP contribution in [0.4, 0.5) is 0 Å². The molecule has 31 heavy (non-hydrogen) atoms. The molecule has 0 aromatic heterocycles. The van der Waals surface area contributed by atoms with Crippen LogP contribution in [-0.2, 0) is 10.0 Å². The Labute approximate surface area is 188 Å². The summed E-state index contributed by atoms with van der Waals surface area (Å²) < 4.78 is 25.9. The van der Waals surface area contributed by atoms with Crippen molar-refractivity contribution < 1.29 is 8.42 Å². The average Bonchev–Trinajstić information content (AvgIpc) is 3.14. The largest absolute Gasteiger partial charge is 0.276 e. The third-order valence-electron chi connectivity index (χ3n) is 9.83. The molecule has 0 bridgehead atoms. The van der Waals surface area contributed by atoms with Gasteiger partial charge in [-0.05, 0) is 92.6 Å². The summed E-state index contributed by atoms with van der Waals surface area (Å²) in [5, 5.41) is 4.73. The highest BCUT2D eigenvalue weighted by molar-refractivity contribution is 7.89. The summed E-state index contributed by atoms with van der Waals surface area (Å²) in [7, 11) is -3.63. The number of hydrazone groups is 1. The summed E-state index contributed by atoms with van der Waals surface area (Å²) in [6, 6.07) is 7.04. The highest BCUT2D eigenvalue weighted by Gasteiger charge is 2.59. The lowest BCUT2D eigenvalue weighted by Gasteiger charge is -2.60.